The lowest BCUT2D eigenvalue weighted by atomic mass is 9.79. The third kappa shape index (κ3) is 2.93. The SMILES string of the molecule is CC1OC[C@]2(c3ccccc3F)N=C(NC(=O)c3ccccc3)SC[C@H]12. The van der Waals surface area contributed by atoms with Crippen LogP contribution in [0.5, 0.6) is 0 Å². The highest BCUT2D eigenvalue weighted by atomic mass is 32.2. The number of carbonyl (C=O) groups excluding carboxylic acids is 1. The van der Waals surface area contributed by atoms with Gasteiger partial charge in [0.1, 0.15) is 11.4 Å². The van der Waals surface area contributed by atoms with E-state index in [1.165, 1.54) is 17.8 Å². The highest BCUT2D eigenvalue weighted by Gasteiger charge is 2.52. The molecule has 2 heterocycles. The Morgan fingerprint density at radius 3 is 2.73 bits per heavy atom. The van der Waals surface area contributed by atoms with Crippen molar-refractivity contribution in [3.05, 3.63) is 71.5 Å². The molecule has 4 nitrogen and oxygen atoms in total. The van der Waals surface area contributed by atoms with Crippen molar-refractivity contribution in [3.63, 3.8) is 0 Å². The molecule has 4 rings (SSSR count). The van der Waals surface area contributed by atoms with Gasteiger partial charge in [0.15, 0.2) is 5.17 Å². The molecule has 0 saturated carbocycles. The smallest absolute Gasteiger partial charge is 0.257 e. The number of hydrogen-bond donors (Lipinski definition) is 1. The van der Waals surface area contributed by atoms with E-state index in [1.807, 2.05) is 31.2 Å². The number of fused-ring (bicyclic) bond motifs is 1. The number of halogens is 1. The topological polar surface area (TPSA) is 50.7 Å². The Morgan fingerprint density at radius 2 is 1.96 bits per heavy atom. The standard InChI is InChI=1S/C20H19FN2O2S/c1-13-16-11-26-19(22-18(24)14-7-3-2-4-8-14)23-20(16,12-25-13)15-9-5-6-10-17(15)21/h2-10,13,16H,11-12H2,1H3,(H,22,23,24)/t13?,16-,20-/m1/s1. The van der Waals surface area contributed by atoms with Gasteiger partial charge in [-0.1, -0.05) is 48.2 Å². The van der Waals surface area contributed by atoms with Crippen LogP contribution in [0.25, 0.3) is 0 Å². The minimum Gasteiger partial charge on any atom is -0.375 e. The molecular formula is C20H19FN2O2S. The second kappa shape index (κ2) is 6.85. The van der Waals surface area contributed by atoms with Gasteiger partial charge in [-0.25, -0.2) is 9.38 Å². The van der Waals surface area contributed by atoms with E-state index in [-0.39, 0.29) is 23.7 Å². The minimum absolute atomic E-state index is 0.0165. The van der Waals surface area contributed by atoms with Crippen LogP contribution >= 0.6 is 11.8 Å². The third-order valence-electron chi connectivity index (χ3n) is 5.04. The van der Waals surface area contributed by atoms with Gasteiger partial charge in [0.25, 0.3) is 5.91 Å². The number of hydrogen-bond acceptors (Lipinski definition) is 4. The summed E-state index contributed by atoms with van der Waals surface area (Å²) >= 11 is 1.48. The van der Waals surface area contributed by atoms with Crippen molar-refractivity contribution in [2.75, 3.05) is 12.4 Å². The second-order valence-corrected chi connectivity index (χ2v) is 7.58. The molecule has 0 aliphatic carbocycles. The zero-order chi connectivity index (χ0) is 18.1. The molecule has 0 bridgehead atoms. The van der Waals surface area contributed by atoms with Crippen LogP contribution in [0.3, 0.4) is 0 Å². The number of nitrogens with zero attached hydrogens (tertiary/aromatic N) is 1. The van der Waals surface area contributed by atoms with E-state index in [0.717, 1.165) is 0 Å². The fourth-order valence-electron chi connectivity index (χ4n) is 3.61. The first-order valence-corrected chi connectivity index (χ1v) is 9.54. The number of benzene rings is 2. The van der Waals surface area contributed by atoms with Crippen LogP contribution in [-0.2, 0) is 10.3 Å². The summed E-state index contributed by atoms with van der Waals surface area (Å²) in [4.78, 5) is 17.3. The maximum Gasteiger partial charge on any atom is 0.257 e. The summed E-state index contributed by atoms with van der Waals surface area (Å²) in [6, 6.07) is 15.7. The van der Waals surface area contributed by atoms with Gasteiger partial charge in [0.05, 0.1) is 12.7 Å². The summed E-state index contributed by atoms with van der Waals surface area (Å²) in [5.74, 6) is 0.260. The lowest BCUT2D eigenvalue weighted by Gasteiger charge is -2.36. The van der Waals surface area contributed by atoms with E-state index in [1.54, 1.807) is 24.3 Å². The summed E-state index contributed by atoms with van der Waals surface area (Å²) < 4.78 is 20.4. The number of nitrogens with one attached hydrogen (secondary N) is 1. The van der Waals surface area contributed by atoms with Gasteiger partial charge in [-0.2, -0.15) is 0 Å². The van der Waals surface area contributed by atoms with Crippen LogP contribution in [0.4, 0.5) is 4.39 Å². The molecule has 6 heteroatoms. The van der Waals surface area contributed by atoms with Gasteiger partial charge in [-0.15, -0.1) is 0 Å². The maximum absolute atomic E-state index is 14.6. The van der Waals surface area contributed by atoms with Crippen LogP contribution in [0.15, 0.2) is 59.6 Å². The number of rotatable bonds is 2. The molecule has 26 heavy (non-hydrogen) atoms. The molecule has 2 aliphatic heterocycles. The highest BCUT2D eigenvalue weighted by molar-refractivity contribution is 8.13. The lowest BCUT2D eigenvalue weighted by molar-refractivity contribution is 0.0977. The summed E-state index contributed by atoms with van der Waals surface area (Å²) in [6.07, 6.45) is -0.0165. The summed E-state index contributed by atoms with van der Waals surface area (Å²) in [7, 11) is 0. The summed E-state index contributed by atoms with van der Waals surface area (Å²) in [6.45, 7) is 2.31. The first-order chi connectivity index (χ1) is 12.6. The molecule has 1 unspecified atom stereocenters. The third-order valence-corrected chi connectivity index (χ3v) is 6.04. The first kappa shape index (κ1) is 17.2. The molecule has 1 saturated heterocycles. The van der Waals surface area contributed by atoms with Crippen molar-refractivity contribution >= 4 is 22.8 Å². The van der Waals surface area contributed by atoms with Gasteiger partial charge in [0, 0.05) is 22.8 Å². The number of thioether (sulfide) groups is 1. The van der Waals surface area contributed by atoms with Crippen molar-refractivity contribution in [2.45, 2.75) is 18.6 Å². The Bertz CT molecular complexity index is 858. The van der Waals surface area contributed by atoms with E-state index in [0.29, 0.717) is 28.7 Å². The Kier molecular flexibility index (Phi) is 4.54. The molecule has 1 amide bonds. The van der Waals surface area contributed by atoms with E-state index in [9.17, 15) is 9.18 Å². The summed E-state index contributed by atoms with van der Waals surface area (Å²) in [5, 5.41) is 3.38. The monoisotopic (exact) mass is 370 g/mol. The Labute approximate surface area is 155 Å². The number of amidine groups is 1. The summed E-state index contributed by atoms with van der Waals surface area (Å²) in [5.41, 5.74) is 0.296. The molecule has 1 N–H and O–H groups in total. The molecule has 2 aliphatic rings. The fourth-order valence-corrected chi connectivity index (χ4v) is 4.89. The number of aliphatic imine (C=N–C) groups is 1. The van der Waals surface area contributed by atoms with E-state index < -0.39 is 5.54 Å². The normalized spacial score (nSPS) is 27.5. The average molecular weight is 370 g/mol. The zero-order valence-corrected chi connectivity index (χ0v) is 15.1. The van der Waals surface area contributed by atoms with Crippen molar-refractivity contribution in [2.24, 2.45) is 10.9 Å². The number of amides is 1. The van der Waals surface area contributed by atoms with Gasteiger partial charge < -0.3 is 10.1 Å². The van der Waals surface area contributed by atoms with Crippen LogP contribution in [0, 0.1) is 11.7 Å². The fraction of sp³-hybridized carbons (Fsp3) is 0.300. The van der Waals surface area contributed by atoms with Crippen molar-refractivity contribution in [1.82, 2.24) is 5.32 Å². The quantitative estimate of drug-likeness (QED) is 0.879. The molecule has 0 radical (unpaired) electrons. The number of ether oxygens (including phenoxy) is 1. The highest BCUT2D eigenvalue weighted by Crippen LogP contribution is 2.48. The second-order valence-electron chi connectivity index (χ2n) is 6.57. The Hall–Kier alpha value is -2.18. The largest absolute Gasteiger partial charge is 0.375 e. The molecule has 1 fully saturated rings. The van der Waals surface area contributed by atoms with E-state index >= 15 is 0 Å². The van der Waals surface area contributed by atoms with Gasteiger partial charge in [-0.05, 0) is 25.1 Å². The van der Waals surface area contributed by atoms with Crippen molar-refractivity contribution in [3.8, 4) is 0 Å². The Balaban J connectivity index is 1.70. The van der Waals surface area contributed by atoms with Gasteiger partial charge >= 0.3 is 0 Å². The molecule has 134 valence electrons. The molecular weight excluding hydrogens is 351 g/mol. The van der Waals surface area contributed by atoms with Crippen molar-refractivity contribution < 1.29 is 13.9 Å². The van der Waals surface area contributed by atoms with Crippen LogP contribution in [0.1, 0.15) is 22.8 Å². The molecule has 3 atom stereocenters. The molecule has 2 aromatic carbocycles. The lowest BCUT2D eigenvalue weighted by Crippen LogP contribution is -2.44. The predicted octanol–water partition coefficient (Wildman–Crippen LogP) is 3.59. The van der Waals surface area contributed by atoms with E-state index in [2.05, 4.69) is 5.32 Å². The minimum atomic E-state index is -0.796. The van der Waals surface area contributed by atoms with E-state index in [4.69, 9.17) is 9.73 Å². The van der Waals surface area contributed by atoms with Gasteiger partial charge in [-0.3, -0.25) is 4.79 Å². The molecule has 2 aromatic rings. The van der Waals surface area contributed by atoms with Crippen LogP contribution in [-0.4, -0.2) is 29.5 Å². The van der Waals surface area contributed by atoms with Gasteiger partial charge in [0.2, 0.25) is 0 Å². The molecule has 0 aromatic heterocycles. The van der Waals surface area contributed by atoms with Crippen LogP contribution in [0.2, 0.25) is 0 Å². The number of carbonyl (C=O) groups is 1. The van der Waals surface area contributed by atoms with Crippen molar-refractivity contribution in [1.29, 1.82) is 0 Å². The Morgan fingerprint density at radius 1 is 1.23 bits per heavy atom. The zero-order valence-electron chi connectivity index (χ0n) is 14.3. The predicted molar refractivity (Wildman–Crippen MR) is 101 cm³/mol. The first-order valence-electron chi connectivity index (χ1n) is 8.56. The average Bonchev–Trinajstić information content (AvgIpc) is 3.00. The molecule has 0 spiro atoms. The van der Waals surface area contributed by atoms with Crippen LogP contribution < -0.4 is 5.32 Å². The maximum atomic E-state index is 14.6.